The summed E-state index contributed by atoms with van der Waals surface area (Å²) in [6, 6.07) is 5.29. The van der Waals surface area contributed by atoms with E-state index in [2.05, 4.69) is 25.2 Å². The first-order valence-corrected chi connectivity index (χ1v) is 7.59. The van der Waals surface area contributed by atoms with Crippen LogP contribution in [0, 0.1) is 5.92 Å². The molecule has 7 heteroatoms. The summed E-state index contributed by atoms with van der Waals surface area (Å²) in [6.07, 6.45) is 6.83. The number of rotatable bonds is 4. The van der Waals surface area contributed by atoms with Gasteiger partial charge in [0, 0.05) is 31.5 Å². The van der Waals surface area contributed by atoms with E-state index in [-0.39, 0.29) is 11.8 Å². The summed E-state index contributed by atoms with van der Waals surface area (Å²) in [6.45, 7) is 1.50. The summed E-state index contributed by atoms with van der Waals surface area (Å²) >= 11 is 0. The van der Waals surface area contributed by atoms with E-state index in [0.717, 1.165) is 19.4 Å². The average molecular weight is 313 g/mol. The SMILES string of the molecule is COc1ccc(NC(=O)C2CCCN(c3ncccn3)C2)cn1. The topological polar surface area (TPSA) is 80.2 Å². The molecule has 0 aliphatic carbocycles. The third-order valence-corrected chi connectivity index (χ3v) is 3.84. The van der Waals surface area contributed by atoms with Gasteiger partial charge in [0.1, 0.15) is 0 Å². The quantitative estimate of drug-likeness (QED) is 0.926. The maximum Gasteiger partial charge on any atom is 0.229 e. The summed E-state index contributed by atoms with van der Waals surface area (Å²) in [7, 11) is 1.56. The van der Waals surface area contributed by atoms with Crippen molar-refractivity contribution >= 4 is 17.5 Å². The van der Waals surface area contributed by atoms with Gasteiger partial charge in [-0.2, -0.15) is 0 Å². The second kappa shape index (κ2) is 7.04. The molecule has 7 nitrogen and oxygen atoms in total. The predicted octanol–water partition coefficient (Wildman–Crippen LogP) is 1.74. The van der Waals surface area contributed by atoms with Gasteiger partial charge in [0.15, 0.2) is 0 Å². The largest absolute Gasteiger partial charge is 0.481 e. The van der Waals surface area contributed by atoms with E-state index < -0.39 is 0 Å². The molecular formula is C16H19N5O2. The van der Waals surface area contributed by atoms with E-state index in [9.17, 15) is 4.79 Å². The van der Waals surface area contributed by atoms with Crippen molar-refractivity contribution < 1.29 is 9.53 Å². The minimum absolute atomic E-state index is 0.00222. The molecule has 2 aromatic rings. The van der Waals surface area contributed by atoms with Crippen molar-refractivity contribution in [2.24, 2.45) is 5.92 Å². The summed E-state index contributed by atoms with van der Waals surface area (Å²) in [5, 5.41) is 2.91. The molecule has 3 heterocycles. The molecule has 1 amide bonds. The molecule has 2 aromatic heterocycles. The summed E-state index contributed by atoms with van der Waals surface area (Å²) in [5.41, 5.74) is 0.670. The van der Waals surface area contributed by atoms with Crippen LogP contribution in [0.2, 0.25) is 0 Å². The number of amides is 1. The number of ether oxygens (including phenoxy) is 1. The third kappa shape index (κ3) is 3.74. The van der Waals surface area contributed by atoms with E-state index in [1.54, 1.807) is 43.9 Å². The number of piperidine rings is 1. The van der Waals surface area contributed by atoms with Crippen LogP contribution in [0.3, 0.4) is 0 Å². The number of hydrogen-bond donors (Lipinski definition) is 1. The van der Waals surface area contributed by atoms with Gasteiger partial charge >= 0.3 is 0 Å². The Kier molecular flexibility index (Phi) is 4.65. The van der Waals surface area contributed by atoms with Crippen molar-refractivity contribution in [2.45, 2.75) is 12.8 Å². The minimum Gasteiger partial charge on any atom is -0.481 e. The van der Waals surface area contributed by atoms with Crippen LogP contribution < -0.4 is 15.0 Å². The average Bonchev–Trinajstić information content (AvgIpc) is 2.63. The van der Waals surface area contributed by atoms with Crippen molar-refractivity contribution in [1.82, 2.24) is 15.0 Å². The maximum absolute atomic E-state index is 12.5. The van der Waals surface area contributed by atoms with E-state index in [0.29, 0.717) is 24.1 Å². The van der Waals surface area contributed by atoms with E-state index in [1.807, 2.05) is 0 Å². The van der Waals surface area contributed by atoms with E-state index in [1.165, 1.54) is 0 Å². The monoisotopic (exact) mass is 313 g/mol. The predicted molar refractivity (Wildman–Crippen MR) is 86.4 cm³/mol. The standard InChI is InChI=1S/C16H19N5O2/c1-23-14-6-5-13(10-19-14)20-15(22)12-4-2-9-21(11-12)16-17-7-3-8-18-16/h3,5-8,10,12H,2,4,9,11H2,1H3,(H,20,22). The lowest BCUT2D eigenvalue weighted by Crippen LogP contribution is -2.41. The number of pyridine rings is 1. The number of nitrogens with zero attached hydrogens (tertiary/aromatic N) is 4. The second-order valence-electron chi connectivity index (χ2n) is 5.41. The molecule has 23 heavy (non-hydrogen) atoms. The Morgan fingerprint density at radius 1 is 1.30 bits per heavy atom. The first kappa shape index (κ1) is 15.2. The lowest BCUT2D eigenvalue weighted by molar-refractivity contribution is -0.120. The van der Waals surface area contributed by atoms with Crippen LogP contribution in [0.15, 0.2) is 36.8 Å². The Bertz CT molecular complexity index is 647. The summed E-state index contributed by atoms with van der Waals surface area (Å²) in [4.78, 5) is 27.1. The Balaban J connectivity index is 1.62. The van der Waals surface area contributed by atoms with Crippen molar-refractivity contribution in [2.75, 3.05) is 30.4 Å². The van der Waals surface area contributed by atoms with Gasteiger partial charge in [-0.05, 0) is 25.0 Å². The zero-order valence-electron chi connectivity index (χ0n) is 13.0. The highest BCUT2D eigenvalue weighted by molar-refractivity contribution is 5.92. The molecule has 1 atom stereocenters. The Morgan fingerprint density at radius 2 is 2.13 bits per heavy atom. The Labute approximate surface area is 134 Å². The molecule has 0 spiro atoms. The highest BCUT2D eigenvalue weighted by atomic mass is 16.5. The van der Waals surface area contributed by atoms with Crippen LogP contribution in [0.4, 0.5) is 11.6 Å². The number of hydrogen-bond acceptors (Lipinski definition) is 6. The Morgan fingerprint density at radius 3 is 2.83 bits per heavy atom. The number of carbonyl (C=O) groups excluding carboxylic acids is 1. The smallest absolute Gasteiger partial charge is 0.229 e. The number of methoxy groups -OCH3 is 1. The van der Waals surface area contributed by atoms with Crippen LogP contribution >= 0.6 is 0 Å². The van der Waals surface area contributed by atoms with Crippen molar-refractivity contribution in [3.63, 3.8) is 0 Å². The molecule has 1 aliphatic rings. The van der Waals surface area contributed by atoms with Gasteiger partial charge in [0.2, 0.25) is 17.7 Å². The van der Waals surface area contributed by atoms with Gasteiger partial charge in [-0.1, -0.05) is 0 Å². The van der Waals surface area contributed by atoms with Crippen molar-refractivity contribution in [1.29, 1.82) is 0 Å². The summed E-state index contributed by atoms with van der Waals surface area (Å²) in [5.74, 6) is 1.11. The molecule has 1 unspecified atom stereocenters. The van der Waals surface area contributed by atoms with Crippen molar-refractivity contribution in [3.8, 4) is 5.88 Å². The highest BCUT2D eigenvalue weighted by Crippen LogP contribution is 2.21. The summed E-state index contributed by atoms with van der Waals surface area (Å²) < 4.78 is 5.01. The zero-order chi connectivity index (χ0) is 16.1. The number of carbonyl (C=O) groups is 1. The highest BCUT2D eigenvalue weighted by Gasteiger charge is 2.27. The molecular weight excluding hydrogens is 294 g/mol. The first-order valence-electron chi connectivity index (χ1n) is 7.59. The molecule has 1 N–H and O–H groups in total. The molecule has 1 fully saturated rings. The van der Waals surface area contributed by atoms with Crippen LogP contribution in [0.25, 0.3) is 0 Å². The van der Waals surface area contributed by atoms with Gasteiger partial charge in [0.25, 0.3) is 0 Å². The number of nitrogens with one attached hydrogen (secondary N) is 1. The van der Waals surface area contributed by atoms with Crippen LogP contribution in [0.5, 0.6) is 5.88 Å². The molecule has 3 rings (SSSR count). The van der Waals surface area contributed by atoms with Crippen LogP contribution in [-0.2, 0) is 4.79 Å². The first-order chi connectivity index (χ1) is 11.3. The van der Waals surface area contributed by atoms with Gasteiger partial charge in [-0.3, -0.25) is 4.79 Å². The molecule has 0 saturated carbocycles. The van der Waals surface area contributed by atoms with Gasteiger partial charge < -0.3 is 15.0 Å². The van der Waals surface area contributed by atoms with Crippen molar-refractivity contribution in [3.05, 3.63) is 36.8 Å². The minimum atomic E-state index is -0.0883. The molecule has 0 radical (unpaired) electrons. The second-order valence-corrected chi connectivity index (χ2v) is 5.41. The molecule has 0 bridgehead atoms. The lowest BCUT2D eigenvalue weighted by atomic mass is 9.97. The molecule has 120 valence electrons. The Hall–Kier alpha value is -2.70. The molecule has 1 saturated heterocycles. The third-order valence-electron chi connectivity index (χ3n) is 3.84. The fourth-order valence-corrected chi connectivity index (χ4v) is 2.65. The maximum atomic E-state index is 12.5. The number of aromatic nitrogens is 3. The molecule has 0 aromatic carbocycles. The lowest BCUT2D eigenvalue weighted by Gasteiger charge is -2.31. The van der Waals surface area contributed by atoms with Gasteiger partial charge in [-0.25, -0.2) is 15.0 Å². The fourth-order valence-electron chi connectivity index (χ4n) is 2.65. The normalized spacial score (nSPS) is 17.6. The van der Waals surface area contributed by atoms with Crippen LogP contribution in [-0.4, -0.2) is 41.1 Å². The zero-order valence-corrected chi connectivity index (χ0v) is 13.0. The van der Waals surface area contributed by atoms with E-state index in [4.69, 9.17) is 4.74 Å². The van der Waals surface area contributed by atoms with E-state index >= 15 is 0 Å². The number of anilines is 2. The van der Waals surface area contributed by atoms with Gasteiger partial charge in [-0.15, -0.1) is 0 Å². The van der Waals surface area contributed by atoms with Crippen LogP contribution in [0.1, 0.15) is 12.8 Å². The fraction of sp³-hybridized carbons (Fsp3) is 0.375. The van der Waals surface area contributed by atoms with Gasteiger partial charge in [0.05, 0.1) is 24.9 Å². The molecule has 1 aliphatic heterocycles.